The Hall–Kier alpha value is -2.64. The van der Waals surface area contributed by atoms with Crippen molar-refractivity contribution in [1.29, 1.82) is 0 Å². The van der Waals surface area contributed by atoms with Crippen LogP contribution in [0, 0.1) is 0 Å². The van der Waals surface area contributed by atoms with Crippen LogP contribution in [0.3, 0.4) is 0 Å². The average Bonchev–Trinajstić information content (AvgIpc) is 3.06. The quantitative estimate of drug-likeness (QED) is 0.868. The Kier molecular flexibility index (Phi) is 5.16. The van der Waals surface area contributed by atoms with Gasteiger partial charge < -0.3 is 19.5 Å². The first-order valence-electron chi connectivity index (χ1n) is 8.09. The number of nitrogens with zero attached hydrogens (tertiary/aromatic N) is 2. The van der Waals surface area contributed by atoms with E-state index in [0.717, 1.165) is 0 Å². The molecule has 132 valence electrons. The van der Waals surface area contributed by atoms with Gasteiger partial charge in [-0.05, 0) is 23.8 Å². The molecule has 0 bridgehead atoms. The number of amides is 1. The standard InChI is InChI=1S/C18H20N2O5/c21-14-11-19(10-13-4-1-2-5-15(13)18(23)24)7-8-20(12-14)17(22)16-6-3-9-25-16/h1-6,9,14,21H,7-8,10-12H2,(H,23,24)/t14-/m0/s1. The molecular formula is C18H20N2O5. The second-order valence-electron chi connectivity index (χ2n) is 6.08. The monoisotopic (exact) mass is 344 g/mol. The van der Waals surface area contributed by atoms with Gasteiger partial charge in [0.25, 0.3) is 5.91 Å². The zero-order valence-electron chi connectivity index (χ0n) is 13.7. The molecule has 0 spiro atoms. The molecule has 2 N–H and O–H groups in total. The van der Waals surface area contributed by atoms with Crippen LogP contribution >= 0.6 is 0 Å². The topological polar surface area (TPSA) is 94.2 Å². The smallest absolute Gasteiger partial charge is 0.336 e. The van der Waals surface area contributed by atoms with Gasteiger partial charge in [0, 0.05) is 32.7 Å². The fraction of sp³-hybridized carbons (Fsp3) is 0.333. The molecule has 1 atom stereocenters. The fourth-order valence-electron chi connectivity index (χ4n) is 3.05. The summed E-state index contributed by atoms with van der Waals surface area (Å²) in [6.07, 6.45) is 0.731. The summed E-state index contributed by atoms with van der Waals surface area (Å²) in [6.45, 7) is 1.97. The van der Waals surface area contributed by atoms with Crippen molar-refractivity contribution in [2.45, 2.75) is 12.6 Å². The van der Waals surface area contributed by atoms with Crippen molar-refractivity contribution in [3.8, 4) is 0 Å². The number of β-amino-alcohol motifs (C(OH)–C–C–N with tert-alkyl or cyclic N) is 1. The summed E-state index contributed by atoms with van der Waals surface area (Å²) in [5.74, 6) is -0.977. The molecule has 1 amide bonds. The number of hydrogen-bond donors (Lipinski definition) is 2. The molecule has 1 aromatic carbocycles. The van der Waals surface area contributed by atoms with Crippen molar-refractivity contribution in [3.63, 3.8) is 0 Å². The fourth-order valence-corrected chi connectivity index (χ4v) is 3.05. The highest BCUT2D eigenvalue weighted by atomic mass is 16.4. The molecule has 2 aromatic rings. The lowest BCUT2D eigenvalue weighted by atomic mass is 10.1. The summed E-state index contributed by atoms with van der Waals surface area (Å²) in [4.78, 5) is 27.3. The van der Waals surface area contributed by atoms with E-state index >= 15 is 0 Å². The lowest BCUT2D eigenvalue weighted by Crippen LogP contribution is -2.37. The van der Waals surface area contributed by atoms with Gasteiger partial charge in [-0.2, -0.15) is 0 Å². The largest absolute Gasteiger partial charge is 0.478 e. The van der Waals surface area contributed by atoms with E-state index in [1.54, 1.807) is 41.3 Å². The Labute approximate surface area is 145 Å². The van der Waals surface area contributed by atoms with Crippen molar-refractivity contribution in [3.05, 3.63) is 59.5 Å². The zero-order chi connectivity index (χ0) is 17.8. The summed E-state index contributed by atoms with van der Waals surface area (Å²) in [7, 11) is 0. The van der Waals surface area contributed by atoms with E-state index in [-0.39, 0.29) is 23.8 Å². The van der Waals surface area contributed by atoms with E-state index in [4.69, 9.17) is 4.42 Å². The number of rotatable bonds is 4. The third kappa shape index (κ3) is 4.07. The highest BCUT2D eigenvalue weighted by molar-refractivity contribution is 5.91. The Morgan fingerprint density at radius 3 is 2.64 bits per heavy atom. The van der Waals surface area contributed by atoms with E-state index in [2.05, 4.69) is 0 Å². The zero-order valence-corrected chi connectivity index (χ0v) is 13.7. The molecule has 1 aliphatic heterocycles. The number of carbonyl (C=O) groups excluding carboxylic acids is 1. The van der Waals surface area contributed by atoms with E-state index < -0.39 is 12.1 Å². The number of hydrogen-bond acceptors (Lipinski definition) is 5. The number of carbonyl (C=O) groups is 2. The predicted molar refractivity (Wildman–Crippen MR) is 89.3 cm³/mol. The third-order valence-corrected chi connectivity index (χ3v) is 4.25. The first kappa shape index (κ1) is 17.2. The summed E-state index contributed by atoms with van der Waals surface area (Å²) in [5, 5.41) is 19.5. The number of benzene rings is 1. The molecule has 2 heterocycles. The molecule has 1 aliphatic rings. The first-order chi connectivity index (χ1) is 12.0. The molecular weight excluding hydrogens is 324 g/mol. The molecule has 1 aromatic heterocycles. The van der Waals surface area contributed by atoms with Crippen molar-refractivity contribution in [2.24, 2.45) is 0 Å². The Morgan fingerprint density at radius 2 is 1.92 bits per heavy atom. The number of carboxylic acids is 1. The molecule has 7 nitrogen and oxygen atoms in total. The molecule has 0 unspecified atom stereocenters. The number of furan rings is 1. The minimum Gasteiger partial charge on any atom is -0.478 e. The van der Waals surface area contributed by atoms with Crippen molar-refractivity contribution < 1.29 is 24.2 Å². The molecule has 0 radical (unpaired) electrons. The second-order valence-corrected chi connectivity index (χ2v) is 6.08. The van der Waals surface area contributed by atoms with Crippen molar-refractivity contribution in [2.75, 3.05) is 26.2 Å². The van der Waals surface area contributed by atoms with E-state index in [0.29, 0.717) is 31.7 Å². The molecule has 0 aliphatic carbocycles. The van der Waals surface area contributed by atoms with Crippen LogP contribution in [0.1, 0.15) is 26.5 Å². The predicted octanol–water partition coefficient (Wildman–Crippen LogP) is 1.30. The lowest BCUT2D eigenvalue weighted by Gasteiger charge is -2.22. The van der Waals surface area contributed by atoms with Gasteiger partial charge >= 0.3 is 5.97 Å². The van der Waals surface area contributed by atoms with Gasteiger partial charge in [-0.25, -0.2) is 4.79 Å². The van der Waals surface area contributed by atoms with Crippen LogP contribution in [-0.4, -0.2) is 64.2 Å². The maximum Gasteiger partial charge on any atom is 0.336 e. The summed E-state index contributed by atoms with van der Waals surface area (Å²) in [5.41, 5.74) is 0.942. The second kappa shape index (κ2) is 7.50. The highest BCUT2D eigenvalue weighted by Gasteiger charge is 2.27. The van der Waals surface area contributed by atoms with Crippen LogP contribution in [0.15, 0.2) is 47.1 Å². The molecule has 7 heteroatoms. The minimum absolute atomic E-state index is 0.219. The SMILES string of the molecule is O=C(O)c1ccccc1CN1CCN(C(=O)c2ccco2)C[C@@H](O)C1. The van der Waals surface area contributed by atoms with Crippen LogP contribution in [-0.2, 0) is 6.54 Å². The van der Waals surface area contributed by atoms with Crippen molar-refractivity contribution >= 4 is 11.9 Å². The van der Waals surface area contributed by atoms with E-state index in [1.165, 1.54) is 6.26 Å². The van der Waals surface area contributed by atoms with Crippen LogP contribution < -0.4 is 0 Å². The van der Waals surface area contributed by atoms with Gasteiger partial charge in [0.05, 0.1) is 17.9 Å². The van der Waals surface area contributed by atoms with Gasteiger partial charge in [-0.1, -0.05) is 18.2 Å². The van der Waals surface area contributed by atoms with Gasteiger partial charge in [0.15, 0.2) is 5.76 Å². The van der Waals surface area contributed by atoms with Gasteiger partial charge in [-0.3, -0.25) is 9.69 Å². The Morgan fingerprint density at radius 1 is 1.12 bits per heavy atom. The first-order valence-corrected chi connectivity index (χ1v) is 8.09. The van der Waals surface area contributed by atoms with Gasteiger partial charge in [0.2, 0.25) is 0 Å². The summed E-state index contributed by atoms with van der Waals surface area (Å²) >= 11 is 0. The number of aliphatic hydroxyl groups excluding tert-OH is 1. The van der Waals surface area contributed by atoms with Crippen molar-refractivity contribution in [1.82, 2.24) is 9.80 Å². The van der Waals surface area contributed by atoms with Crippen LogP contribution in [0.5, 0.6) is 0 Å². The maximum absolute atomic E-state index is 12.4. The molecule has 1 saturated heterocycles. The summed E-state index contributed by atoms with van der Waals surface area (Å²) < 4.78 is 5.14. The number of aromatic carboxylic acids is 1. The van der Waals surface area contributed by atoms with E-state index in [9.17, 15) is 19.8 Å². The summed E-state index contributed by atoms with van der Waals surface area (Å²) in [6, 6.07) is 10.1. The molecule has 1 fully saturated rings. The molecule has 25 heavy (non-hydrogen) atoms. The molecule has 0 saturated carbocycles. The highest BCUT2D eigenvalue weighted by Crippen LogP contribution is 2.15. The van der Waals surface area contributed by atoms with Crippen LogP contribution in [0.2, 0.25) is 0 Å². The number of carboxylic acid groups (broad SMARTS) is 1. The average molecular weight is 344 g/mol. The lowest BCUT2D eigenvalue weighted by molar-refractivity contribution is 0.0632. The minimum atomic E-state index is -0.972. The maximum atomic E-state index is 12.4. The van der Waals surface area contributed by atoms with Gasteiger partial charge in [0.1, 0.15) is 0 Å². The van der Waals surface area contributed by atoms with E-state index in [1.807, 2.05) is 4.90 Å². The van der Waals surface area contributed by atoms with Gasteiger partial charge in [-0.15, -0.1) is 0 Å². The number of aliphatic hydroxyl groups is 1. The van der Waals surface area contributed by atoms with Crippen LogP contribution in [0.4, 0.5) is 0 Å². The normalized spacial score (nSPS) is 18.8. The Balaban J connectivity index is 1.70. The third-order valence-electron chi connectivity index (χ3n) is 4.25. The molecule has 3 rings (SSSR count). The Bertz CT molecular complexity index is 744. The van der Waals surface area contributed by atoms with Crippen LogP contribution in [0.25, 0.3) is 0 Å².